The van der Waals surface area contributed by atoms with Crippen molar-refractivity contribution >= 4 is 28.9 Å². The van der Waals surface area contributed by atoms with Gasteiger partial charge < -0.3 is 0 Å². The first-order valence-electron chi connectivity index (χ1n) is 8.19. The summed E-state index contributed by atoms with van der Waals surface area (Å²) in [7, 11) is 0. The van der Waals surface area contributed by atoms with Crippen LogP contribution in [0.25, 0.3) is 10.7 Å². The molecule has 0 N–H and O–H groups in total. The maximum Gasteiger partial charge on any atom is 0.192 e. The molecular weight excluding hydrogens is 376 g/mol. The number of thiophene rings is 1. The van der Waals surface area contributed by atoms with E-state index in [-0.39, 0.29) is 11.3 Å². The number of hydrogen-bond acceptors (Lipinski definition) is 5. The summed E-state index contributed by atoms with van der Waals surface area (Å²) in [5.74, 6) is -1.43. The Hall–Kier alpha value is -2.06. The van der Waals surface area contributed by atoms with Crippen LogP contribution < -0.4 is 0 Å². The van der Waals surface area contributed by atoms with Gasteiger partial charge in [0.05, 0.1) is 10.1 Å². The number of benzene rings is 1. The molecule has 0 unspecified atom stereocenters. The van der Waals surface area contributed by atoms with Gasteiger partial charge in [0, 0.05) is 11.6 Å². The van der Waals surface area contributed by atoms with Gasteiger partial charge in [0.2, 0.25) is 0 Å². The third-order valence-electron chi connectivity index (χ3n) is 4.17. The van der Waals surface area contributed by atoms with E-state index in [1.807, 2.05) is 17.5 Å². The van der Waals surface area contributed by atoms with Crippen LogP contribution in [0.1, 0.15) is 36.2 Å². The molecule has 0 saturated heterocycles. The molecule has 0 amide bonds. The van der Waals surface area contributed by atoms with Crippen LogP contribution in [-0.2, 0) is 0 Å². The molecule has 0 aliphatic heterocycles. The average Bonchev–Trinajstić information content (AvgIpc) is 3.16. The van der Waals surface area contributed by atoms with Crippen LogP contribution in [0.2, 0.25) is 0 Å². The number of aromatic nitrogens is 3. The monoisotopic (exact) mass is 391 g/mol. The summed E-state index contributed by atoms with van der Waals surface area (Å²) in [6, 6.07) is 7.54. The fourth-order valence-electron chi connectivity index (χ4n) is 2.69. The van der Waals surface area contributed by atoms with Crippen LogP contribution in [0.15, 0.2) is 40.9 Å². The molecule has 1 aliphatic rings. The van der Waals surface area contributed by atoms with Crippen LogP contribution in [-0.4, -0.2) is 25.8 Å². The second kappa shape index (κ2) is 6.92. The number of carbonyl (C=O) groups excluding carboxylic acids is 1. The molecule has 0 bridgehead atoms. The van der Waals surface area contributed by atoms with Crippen LogP contribution in [0.5, 0.6) is 0 Å². The molecule has 0 spiro atoms. The van der Waals surface area contributed by atoms with E-state index in [9.17, 15) is 13.6 Å². The van der Waals surface area contributed by atoms with Gasteiger partial charge in [0.15, 0.2) is 28.4 Å². The van der Waals surface area contributed by atoms with Gasteiger partial charge >= 0.3 is 0 Å². The highest BCUT2D eigenvalue weighted by Crippen LogP contribution is 2.42. The lowest BCUT2D eigenvalue weighted by molar-refractivity contribution is 0.0993. The number of Topliss-reactive ketones (excluding diaryl/α,β-unsaturated/α-hetero) is 1. The molecule has 4 rings (SSSR count). The molecular formula is C18H15F2N3OS2. The lowest BCUT2D eigenvalue weighted by Gasteiger charge is -2.12. The quantitative estimate of drug-likeness (QED) is 0.439. The standard InChI is InChI=1S/C18H15F2N3OS2/c1-10(16(24)11-4-7-13(19)14(20)9-11)26-18-22-21-17(15-3-2-8-25-15)23(18)12-5-6-12/h2-4,7-10,12H,5-6H2,1H3/t10-/m0/s1. The summed E-state index contributed by atoms with van der Waals surface area (Å²) < 4.78 is 28.6. The smallest absolute Gasteiger partial charge is 0.192 e. The van der Waals surface area contributed by atoms with Gasteiger partial charge in [0.1, 0.15) is 0 Å². The van der Waals surface area contributed by atoms with Crippen molar-refractivity contribution in [1.29, 1.82) is 0 Å². The third-order valence-corrected chi connectivity index (χ3v) is 6.10. The van der Waals surface area contributed by atoms with Gasteiger partial charge in [-0.25, -0.2) is 8.78 Å². The van der Waals surface area contributed by atoms with E-state index in [1.165, 1.54) is 17.8 Å². The second-order valence-corrected chi connectivity index (χ2v) is 8.39. The molecule has 8 heteroatoms. The number of nitrogens with zero attached hydrogens (tertiary/aromatic N) is 3. The summed E-state index contributed by atoms with van der Waals surface area (Å²) in [4.78, 5) is 13.6. The van der Waals surface area contributed by atoms with Crippen molar-refractivity contribution in [1.82, 2.24) is 14.8 Å². The van der Waals surface area contributed by atoms with Gasteiger partial charge in [-0.3, -0.25) is 9.36 Å². The van der Waals surface area contributed by atoms with Crippen molar-refractivity contribution in [2.75, 3.05) is 0 Å². The van der Waals surface area contributed by atoms with Crippen molar-refractivity contribution < 1.29 is 13.6 Å². The summed E-state index contributed by atoms with van der Waals surface area (Å²) in [6.07, 6.45) is 2.13. The molecule has 26 heavy (non-hydrogen) atoms. The minimum absolute atomic E-state index is 0.153. The molecule has 2 heterocycles. The number of thioether (sulfide) groups is 1. The maximum atomic E-state index is 13.4. The largest absolute Gasteiger partial charge is 0.298 e. The Balaban J connectivity index is 1.59. The summed E-state index contributed by atoms with van der Waals surface area (Å²) >= 11 is 2.89. The van der Waals surface area contributed by atoms with E-state index in [1.54, 1.807) is 18.3 Å². The number of hydrogen-bond donors (Lipinski definition) is 0. The van der Waals surface area contributed by atoms with Crippen molar-refractivity contribution in [3.05, 3.63) is 52.9 Å². The number of rotatable bonds is 6. The number of ketones is 1. The number of halogens is 2. The Kier molecular flexibility index (Phi) is 4.62. The van der Waals surface area contributed by atoms with Crippen LogP contribution in [0.3, 0.4) is 0 Å². The summed E-state index contributed by atoms with van der Waals surface area (Å²) in [5, 5.41) is 10.8. The predicted octanol–water partition coefficient (Wildman–Crippen LogP) is 4.98. The highest BCUT2D eigenvalue weighted by Gasteiger charge is 2.32. The zero-order valence-electron chi connectivity index (χ0n) is 13.9. The average molecular weight is 391 g/mol. The van der Waals surface area contributed by atoms with E-state index >= 15 is 0 Å². The van der Waals surface area contributed by atoms with Gasteiger partial charge in [-0.1, -0.05) is 17.8 Å². The van der Waals surface area contributed by atoms with E-state index in [4.69, 9.17) is 0 Å². The number of carbonyl (C=O) groups is 1. The topological polar surface area (TPSA) is 47.8 Å². The lowest BCUT2D eigenvalue weighted by Crippen LogP contribution is -2.15. The van der Waals surface area contributed by atoms with E-state index in [2.05, 4.69) is 14.8 Å². The molecule has 1 aliphatic carbocycles. The van der Waals surface area contributed by atoms with Gasteiger partial charge in [-0.2, -0.15) is 0 Å². The Morgan fingerprint density at radius 2 is 2.08 bits per heavy atom. The van der Waals surface area contributed by atoms with Crippen LogP contribution in [0.4, 0.5) is 8.78 Å². The molecule has 134 valence electrons. The maximum absolute atomic E-state index is 13.4. The first kappa shape index (κ1) is 17.4. The Morgan fingerprint density at radius 3 is 2.73 bits per heavy atom. The van der Waals surface area contributed by atoms with Crippen molar-refractivity contribution in [3.63, 3.8) is 0 Å². The zero-order valence-corrected chi connectivity index (χ0v) is 15.5. The van der Waals surface area contributed by atoms with Crippen LogP contribution in [0, 0.1) is 11.6 Å². The predicted molar refractivity (Wildman–Crippen MR) is 97.6 cm³/mol. The zero-order chi connectivity index (χ0) is 18.3. The molecule has 0 radical (unpaired) electrons. The lowest BCUT2D eigenvalue weighted by atomic mass is 10.1. The SMILES string of the molecule is C[C@H](Sc1nnc(-c2cccs2)n1C1CC1)C(=O)c1ccc(F)c(F)c1. The van der Waals surface area contributed by atoms with Gasteiger partial charge in [-0.15, -0.1) is 21.5 Å². The van der Waals surface area contributed by atoms with E-state index < -0.39 is 16.9 Å². The van der Waals surface area contributed by atoms with Crippen LogP contribution >= 0.6 is 23.1 Å². The second-order valence-electron chi connectivity index (χ2n) is 6.14. The highest BCUT2D eigenvalue weighted by atomic mass is 32.2. The minimum Gasteiger partial charge on any atom is -0.298 e. The third kappa shape index (κ3) is 3.31. The van der Waals surface area contributed by atoms with Gasteiger partial charge in [0.25, 0.3) is 0 Å². The Bertz CT molecular complexity index is 952. The molecule has 1 fully saturated rings. The fraction of sp³-hybridized carbons (Fsp3) is 0.278. The molecule has 1 aromatic carbocycles. The minimum atomic E-state index is -1.02. The van der Waals surface area contributed by atoms with Crippen molar-refractivity contribution in [2.24, 2.45) is 0 Å². The first-order chi connectivity index (χ1) is 12.5. The summed E-state index contributed by atoms with van der Waals surface area (Å²) in [5.41, 5.74) is 0.153. The van der Waals surface area contributed by atoms with E-state index in [0.29, 0.717) is 11.2 Å². The molecule has 4 nitrogen and oxygen atoms in total. The summed E-state index contributed by atoms with van der Waals surface area (Å²) in [6.45, 7) is 1.74. The van der Waals surface area contributed by atoms with Crippen molar-refractivity contribution in [3.8, 4) is 10.7 Å². The molecule has 3 aromatic rings. The van der Waals surface area contributed by atoms with E-state index in [0.717, 1.165) is 35.7 Å². The normalized spacial score (nSPS) is 15.2. The first-order valence-corrected chi connectivity index (χ1v) is 9.95. The van der Waals surface area contributed by atoms with Crippen molar-refractivity contribution in [2.45, 2.75) is 36.2 Å². The molecule has 1 atom stereocenters. The molecule has 1 saturated carbocycles. The highest BCUT2D eigenvalue weighted by molar-refractivity contribution is 8.00. The molecule has 2 aromatic heterocycles. The fourth-order valence-corrected chi connectivity index (χ4v) is 4.39. The Morgan fingerprint density at radius 1 is 1.27 bits per heavy atom. The Labute approximate surface area is 157 Å². The van der Waals surface area contributed by atoms with Gasteiger partial charge in [-0.05, 0) is 49.4 Å².